The molecule has 0 spiro atoms. The number of benzene rings is 4. The summed E-state index contributed by atoms with van der Waals surface area (Å²) in [5, 5.41) is 1.08. The van der Waals surface area contributed by atoms with E-state index >= 15 is 0 Å². The molecule has 4 rings (SSSR count). The van der Waals surface area contributed by atoms with Gasteiger partial charge < -0.3 is 14.2 Å². The molecule has 6 heteroatoms. The van der Waals surface area contributed by atoms with E-state index in [1.807, 2.05) is 91.9 Å². The molecule has 4 aromatic rings. The Hall–Kier alpha value is -3.47. The zero-order chi connectivity index (χ0) is 23.8. The lowest BCUT2D eigenvalue weighted by Gasteiger charge is -2.15. The zero-order valence-electron chi connectivity index (χ0n) is 18.6. The molecule has 0 aromatic heterocycles. The van der Waals surface area contributed by atoms with E-state index in [0.29, 0.717) is 28.2 Å². The third-order valence-electron chi connectivity index (χ3n) is 4.84. The zero-order valence-corrected chi connectivity index (χ0v) is 20.1. The van der Waals surface area contributed by atoms with Crippen molar-refractivity contribution >= 4 is 35.1 Å². The average molecular weight is 492 g/mol. The number of rotatable bonds is 9. The minimum Gasteiger partial charge on any atom is -0.490 e. The Morgan fingerprint density at radius 3 is 2.21 bits per heavy atom. The second-order valence-electron chi connectivity index (χ2n) is 7.31. The van der Waals surface area contributed by atoms with Gasteiger partial charge in [-0.1, -0.05) is 59.6 Å². The number of hydrogen-bond acceptors (Lipinski definition) is 4. The summed E-state index contributed by atoms with van der Waals surface area (Å²) in [5.74, 6) is 2.55. The Balaban J connectivity index is 1.47. The van der Waals surface area contributed by atoms with E-state index in [-0.39, 0.29) is 6.61 Å². The van der Waals surface area contributed by atoms with Crippen molar-refractivity contribution in [3.8, 4) is 23.0 Å². The molecule has 0 N–H and O–H groups in total. The molecule has 4 aromatic carbocycles. The van der Waals surface area contributed by atoms with E-state index in [0.717, 1.165) is 28.3 Å². The van der Waals surface area contributed by atoms with Crippen LogP contribution in [0.1, 0.15) is 18.1 Å². The molecule has 0 unspecified atom stereocenters. The van der Waals surface area contributed by atoms with Crippen LogP contribution < -0.4 is 14.2 Å². The van der Waals surface area contributed by atoms with E-state index in [2.05, 4.69) is 4.99 Å². The molecule has 0 heterocycles. The van der Waals surface area contributed by atoms with Crippen LogP contribution in [-0.2, 0) is 6.61 Å². The third kappa shape index (κ3) is 6.31. The Labute approximate surface area is 209 Å². The number of para-hydroxylation sites is 1. The second kappa shape index (κ2) is 11.6. The van der Waals surface area contributed by atoms with Crippen LogP contribution in [0.5, 0.6) is 23.0 Å². The highest BCUT2D eigenvalue weighted by atomic mass is 35.5. The van der Waals surface area contributed by atoms with Gasteiger partial charge in [-0.05, 0) is 67.1 Å². The van der Waals surface area contributed by atoms with Crippen molar-refractivity contribution in [2.24, 2.45) is 4.99 Å². The van der Waals surface area contributed by atoms with E-state index in [1.54, 1.807) is 12.3 Å². The first-order valence-electron chi connectivity index (χ1n) is 10.8. The highest BCUT2D eigenvalue weighted by molar-refractivity contribution is 6.32. The average Bonchev–Trinajstić information content (AvgIpc) is 2.85. The van der Waals surface area contributed by atoms with Crippen LogP contribution in [-0.4, -0.2) is 12.8 Å². The molecule has 0 radical (unpaired) electrons. The molecule has 0 atom stereocenters. The topological polar surface area (TPSA) is 40.0 Å². The summed E-state index contributed by atoms with van der Waals surface area (Å²) in [4.78, 5) is 4.55. The number of nitrogens with zero attached hydrogens (tertiary/aromatic N) is 1. The minimum atomic E-state index is 0.282. The smallest absolute Gasteiger partial charge is 0.180 e. The van der Waals surface area contributed by atoms with Crippen LogP contribution in [0, 0.1) is 0 Å². The maximum absolute atomic E-state index is 6.54. The standard InChI is InChI=1S/C28H23Cl2NO3/c1-2-32-27-17-20(16-26(30)28(27)33-19-21-8-6-7-11-25(21)29)18-31-22-12-14-24(15-13-22)34-23-9-4-3-5-10-23/h3-18H,2,19H2,1H3. The fraction of sp³-hybridized carbons (Fsp3) is 0.107. The molecule has 0 saturated carbocycles. The lowest BCUT2D eigenvalue weighted by atomic mass is 10.2. The minimum absolute atomic E-state index is 0.282. The summed E-state index contributed by atoms with van der Waals surface area (Å²) < 4.78 is 17.6. The van der Waals surface area contributed by atoms with Gasteiger partial charge in [-0.15, -0.1) is 0 Å². The predicted octanol–water partition coefficient (Wildman–Crippen LogP) is 8.51. The van der Waals surface area contributed by atoms with E-state index in [1.165, 1.54) is 0 Å². The van der Waals surface area contributed by atoms with Crippen molar-refractivity contribution in [3.05, 3.63) is 112 Å². The quantitative estimate of drug-likeness (QED) is 0.220. The Morgan fingerprint density at radius 2 is 1.47 bits per heavy atom. The van der Waals surface area contributed by atoms with Crippen molar-refractivity contribution in [1.29, 1.82) is 0 Å². The molecule has 0 amide bonds. The Bertz CT molecular complexity index is 1260. The van der Waals surface area contributed by atoms with Crippen molar-refractivity contribution in [3.63, 3.8) is 0 Å². The van der Waals surface area contributed by atoms with Gasteiger partial charge in [0.25, 0.3) is 0 Å². The molecule has 172 valence electrons. The van der Waals surface area contributed by atoms with Crippen LogP contribution in [0.25, 0.3) is 0 Å². The van der Waals surface area contributed by atoms with Crippen molar-refractivity contribution < 1.29 is 14.2 Å². The summed E-state index contributed by atoms with van der Waals surface area (Å²) in [6.07, 6.45) is 1.74. The third-order valence-corrected chi connectivity index (χ3v) is 5.49. The number of hydrogen-bond donors (Lipinski definition) is 0. The van der Waals surface area contributed by atoms with Crippen molar-refractivity contribution in [1.82, 2.24) is 0 Å². The summed E-state index contributed by atoms with van der Waals surface area (Å²) in [5.41, 5.74) is 2.45. The normalized spacial score (nSPS) is 10.9. The highest BCUT2D eigenvalue weighted by Gasteiger charge is 2.13. The van der Waals surface area contributed by atoms with Gasteiger partial charge in [-0.3, -0.25) is 4.99 Å². The van der Waals surface area contributed by atoms with E-state index < -0.39 is 0 Å². The summed E-state index contributed by atoms with van der Waals surface area (Å²) in [6.45, 7) is 2.66. The van der Waals surface area contributed by atoms with Gasteiger partial charge in [0, 0.05) is 16.8 Å². The first-order chi connectivity index (χ1) is 16.6. The van der Waals surface area contributed by atoms with Crippen LogP contribution in [0.3, 0.4) is 0 Å². The van der Waals surface area contributed by atoms with Gasteiger partial charge in [0.05, 0.1) is 17.3 Å². The largest absolute Gasteiger partial charge is 0.490 e. The molecule has 0 fully saturated rings. The molecule has 0 aliphatic rings. The first kappa shape index (κ1) is 23.7. The molecular formula is C28H23Cl2NO3. The molecule has 34 heavy (non-hydrogen) atoms. The lowest BCUT2D eigenvalue weighted by molar-refractivity contribution is 0.269. The molecular weight excluding hydrogens is 469 g/mol. The first-order valence-corrected chi connectivity index (χ1v) is 11.6. The molecule has 0 bridgehead atoms. The van der Waals surface area contributed by atoms with E-state index in [9.17, 15) is 0 Å². The Morgan fingerprint density at radius 1 is 0.765 bits per heavy atom. The molecule has 4 nitrogen and oxygen atoms in total. The molecule has 0 aliphatic heterocycles. The van der Waals surface area contributed by atoms with Crippen LogP contribution in [0.2, 0.25) is 10.0 Å². The van der Waals surface area contributed by atoms with Gasteiger partial charge in [0.2, 0.25) is 0 Å². The van der Waals surface area contributed by atoms with Gasteiger partial charge in [-0.2, -0.15) is 0 Å². The SMILES string of the molecule is CCOc1cc(C=Nc2ccc(Oc3ccccc3)cc2)cc(Cl)c1OCc1ccccc1Cl. The van der Waals surface area contributed by atoms with Gasteiger partial charge in [-0.25, -0.2) is 0 Å². The highest BCUT2D eigenvalue weighted by Crippen LogP contribution is 2.37. The molecule has 0 aliphatic carbocycles. The van der Waals surface area contributed by atoms with Crippen LogP contribution in [0.15, 0.2) is 96.0 Å². The van der Waals surface area contributed by atoms with Crippen molar-refractivity contribution in [2.75, 3.05) is 6.61 Å². The van der Waals surface area contributed by atoms with Crippen LogP contribution in [0.4, 0.5) is 5.69 Å². The molecule has 0 saturated heterocycles. The number of halogens is 2. The lowest BCUT2D eigenvalue weighted by Crippen LogP contribution is -2.01. The fourth-order valence-electron chi connectivity index (χ4n) is 3.20. The second-order valence-corrected chi connectivity index (χ2v) is 8.12. The predicted molar refractivity (Wildman–Crippen MR) is 139 cm³/mol. The van der Waals surface area contributed by atoms with Crippen LogP contribution >= 0.6 is 23.2 Å². The monoisotopic (exact) mass is 491 g/mol. The summed E-state index contributed by atoms with van der Waals surface area (Å²) >= 11 is 12.8. The maximum Gasteiger partial charge on any atom is 0.180 e. The van der Waals surface area contributed by atoms with Gasteiger partial charge >= 0.3 is 0 Å². The van der Waals surface area contributed by atoms with Crippen molar-refractivity contribution in [2.45, 2.75) is 13.5 Å². The summed E-state index contributed by atoms with van der Waals surface area (Å²) in [7, 11) is 0. The number of aliphatic imine (C=N–C) groups is 1. The number of ether oxygens (including phenoxy) is 3. The van der Waals surface area contributed by atoms with Gasteiger partial charge in [0.1, 0.15) is 18.1 Å². The fourth-order valence-corrected chi connectivity index (χ4v) is 3.67. The van der Waals surface area contributed by atoms with E-state index in [4.69, 9.17) is 37.4 Å². The Kier molecular flexibility index (Phi) is 8.08. The van der Waals surface area contributed by atoms with Gasteiger partial charge in [0.15, 0.2) is 11.5 Å². The maximum atomic E-state index is 6.54. The summed E-state index contributed by atoms with van der Waals surface area (Å²) in [6, 6.07) is 28.3.